The summed E-state index contributed by atoms with van der Waals surface area (Å²) in [6, 6.07) is 4.02. The summed E-state index contributed by atoms with van der Waals surface area (Å²) >= 11 is 0. The van der Waals surface area contributed by atoms with Crippen LogP contribution in [-0.2, 0) is 4.79 Å². The van der Waals surface area contributed by atoms with Crippen LogP contribution in [0.3, 0.4) is 0 Å². The van der Waals surface area contributed by atoms with Gasteiger partial charge in [-0.1, -0.05) is 0 Å². The van der Waals surface area contributed by atoms with E-state index in [0.29, 0.717) is 5.91 Å². The van der Waals surface area contributed by atoms with Gasteiger partial charge in [0.05, 0.1) is 25.6 Å². The first-order valence-electron chi connectivity index (χ1n) is 9.31. The van der Waals surface area contributed by atoms with Crippen LogP contribution in [0.4, 0.5) is 5.69 Å². The van der Waals surface area contributed by atoms with Crippen molar-refractivity contribution in [1.29, 1.82) is 0 Å². The molecule has 0 atom stereocenters. The normalized spacial score (nSPS) is 21.2. The van der Waals surface area contributed by atoms with Gasteiger partial charge in [-0.3, -0.25) is 4.79 Å². The number of rotatable bonds is 5. The zero-order valence-corrected chi connectivity index (χ0v) is 16.5. The maximum Gasteiger partial charge on any atom is 0.268 e. The van der Waals surface area contributed by atoms with Crippen LogP contribution in [0.25, 0.3) is 0 Å². The van der Waals surface area contributed by atoms with Crippen LogP contribution in [0.5, 0.6) is 5.75 Å². The molecule has 1 saturated heterocycles. The summed E-state index contributed by atoms with van der Waals surface area (Å²) in [5.41, 5.74) is 3.16. The molecule has 1 N–H and O–H groups in total. The molecule has 3 nitrogen and oxygen atoms in total. The molecule has 132 valence electrons. The maximum absolute atomic E-state index is 13.4. The van der Waals surface area contributed by atoms with Crippen LogP contribution in [0, 0.1) is 13.8 Å². The molecule has 0 bridgehead atoms. The lowest BCUT2D eigenvalue weighted by Gasteiger charge is -2.47. The average Bonchev–Trinajstić information content (AvgIpc) is 2.99. The summed E-state index contributed by atoms with van der Waals surface area (Å²) in [4.78, 5) is 13.4. The molecule has 1 saturated carbocycles. The van der Waals surface area contributed by atoms with Crippen molar-refractivity contribution in [1.82, 2.24) is 0 Å². The van der Waals surface area contributed by atoms with Gasteiger partial charge in [0, 0.05) is 12.9 Å². The minimum atomic E-state index is -1.14. The minimum Gasteiger partial charge on any atom is -0.497 e. The standard InChI is InChI=1S/C20H30NO2P/c1-5-24(11-6-7-12-24)20(9-8-10-20)19(22)21-18-15(2)13-17(23-4)14-16(18)3/h13-14H,5-12H2,1-4H3/p+1. The number of hydrogen-bond acceptors (Lipinski definition) is 2. The van der Waals surface area contributed by atoms with Gasteiger partial charge in [-0.15, -0.1) is 0 Å². The van der Waals surface area contributed by atoms with E-state index < -0.39 is 7.26 Å². The molecule has 1 aliphatic carbocycles. The van der Waals surface area contributed by atoms with Gasteiger partial charge in [0.1, 0.15) is 5.75 Å². The van der Waals surface area contributed by atoms with Gasteiger partial charge < -0.3 is 10.1 Å². The van der Waals surface area contributed by atoms with Crippen molar-refractivity contribution in [3.05, 3.63) is 23.3 Å². The Morgan fingerprint density at radius 3 is 2.17 bits per heavy atom. The van der Waals surface area contributed by atoms with Crippen LogP contribution in [0.15, 0.2) is 12.1 Å². The Kier molecular flexibility index (Phi) is 4.93. The molecule has 2 fully saturated rings. The molecule has 1 aliphatic heterocycles. The highest BCUT2D eigenvalue weighted by molar-refractivity contribution is 7.78. The Balaban J connectivity index is 1.89. The molecule has 4 heteroatoms. The molecular formula is C20H31NO2P+. The third-order valence-electron chi connectivity index (χ3n) is 6.52. The van der Waals surface area contributed by atoms with E-state index in [9.17, 15) is 4.79 Å². The van der Waals surface area contributed by atoms with Crippen molar-refractivity contribution in [2.45, 2.75) is 58.0 Å². The highest BCUT2D eigenvalue weighted by Crippen LogP contribution is 2.77. The highest BCUT2D eigenvalue weighted by Gasteiger charge is 2.65. The van der Waals surface area contributed by atoms with Crippen molar-refractivity contribution < 1.29 is 9.53 Å². The van der Waals surface area contributed by atoms with Gasteiger partial charge >= 0.3 is 0 Å². The van der Waals surface area contributed by atoms with Crippen LogP contribution < -0.4 is 10.1 Å². The van der Waals surface area contributed by atoms with E-state index >= 15 is 0 Å². The van der Waals surface area contributed by atoms with E-state index in [0.717, 1.165) is 35.4 Å². The summed E-state index contributed by atoms with van der Waals surface area (Å²) in [7, 11) is 0.548. The summed E-state index contributed by atoms with van der Waals surface area (Å²) in [5.74, 6) is 1.16. The lowest BCUT2D eigenvalue weighted by atomic mass is 9.83. The fraction of sp³-hybridized carbons (Fsp3) is 0.650. The average molecular weight is 348 g/mol. The highest BCUT2D eigenvalue weighted by atomic mass is 31.2. The fourth-order valence-electron chi connectivity index (χ4n) is 4.88. The molecule has 0 aromatic heterocycles. The number of amides is 1. The van der Waals surface area contributed by atoms with E-state index in [1.807, 2.05) is 12.1 Å². The Bertz CT molecular complexity index is 608. The number of hydrogen-bond donors (Lipinski definition) is 1. The zero-order valence-electron chi connectivity index (χ0n) is 15.6. The Hall–Kier alpha value is -1.08. The second kappa shape index (κ2) is 6.67. The first-order chi connectivity index (χ1) is 11.5. The SMILES string of the molecule is CC[P+]1(C2(C(=O)Nc3c(C)cc(OC)cc3C)CCC2)CCCC1. The van der Waals surface area contributed by atoms with Gasteiger partial charge in [-0.05, 0) is 76.1 Å². The number of anilines is 1. The number of benzene rings is 1. The van der Waals surface area contributed by atoms with Crippen LogP contribution in [-0.4, -0.2) is 36.7 Å². The Labute approximate surface area is 146 Å². The second-order valence-corrected chi connectivity index (χ2v) is 12.3. The Morgan fingerprint density at radius 1 is 1.17 bits per heavy atom. The molecule has 1 heterocycles. The molecule has 0 spiro atoms. The zero-order chi connectivity index (χ0) is 17.4. The van der Waals surface area contributed by atoms with Gasteiger partial charge in [0.25, 0.3) is 5.91 Å². The van der Waals surface area contributed by atoms with Crippen molar-refractivity contribution in [2.75, 3.05) is 30.9 Å². The van der Waals surface area contributed by atoms with E-state index in [2.05, 4.69) is 26.1 Å². The van der Waals surface area contributed by atoms with Crippen molar-refractivity contribution in [3.8, 4) is 5.75 Å². The molecule has 1 amide bonds. The summed E-state index contributed by atoms with van der Waals surface area (Å²) in [5, 5.41) is 3.31. The predicted octanol–water partition coefficient (Wildman–Crippen LogP) is 5.00. The lowest BCUT2D eigenvalue weighted by Crippen LogP contribution is -2.51. The first-order valence-corrected chi connectivity index (χ1v) is 11.7. The van der Waals surface area contributed by atoms with E-state index in [-0.39, 0.29) is 5.16 Å². The fourth-order valence-corrected chi connectivity index (χ4v) is 10.6. The number of aryl methyl sites for hydroxylation is 2. The van der Waals surface area contributed by atoms with Gasteiger partial charge in [0.15, 0.2) is 5.16 Å². The maximum atomic E-state index is 13.4. The third-order valence-corrected chi connectivity index (χ3v) is 12.5. The largest absolute Gasteiger partial charge is 0.497 e. The predicted molar refractivity (Wildman–Crippen MR) is 104 cm³/mol. The number of carbonyl (C=O) groups is 1. The lowest BCUT2D eigenvalue weighted by molar-refractivity contribution is -0.120. The molecule has 1 aromatic carbocycles. The van der Waals surface area contributed by atoms with Crippen LogP contribution >= 0.6 is 7.26 Å². The topological polar surface area (TPSA) is 38.3 Å². The minimum absolute atomic E-state index is 0.0307. The molecular weight excluding hydrogens is 317 g/mol. The summed E-state index contributed by atoms with van der Waals surface area (Å²) < 4.78 is 5.34. The number of carbonyl (C=O) groups excluding carboxylic acids is 1. The third kappa shape index (κ3) is 2.65. The van der Waals surface area contributed by atoms with Crippen molar-refractivity contribution in [3.63, 3.8) is 0 Å². The van der Waals surface area contributed by atoms with E-state index in [1.54, 1.807) is 7.11 Å². The van der Waals surface area contributed by atoms with E-state index in [4.69, 9.17) is 4.74 Å². The van der Waals surface area contributed by atoms with E-state index in [1.165, 1.54) is 37.7 Å². The smallest absolute Gasteiger partial charge is 0.268 e. The number of ether oxygens (including phenoxy) is 1. The number of methoxy groups -OCH3 is 1. The summed E-state index contributed by atoms with van der Waals surface area (Å²) in [6.45, 7) is 6.44. The van der Waals surface area contributed by atoms with Crippen LogP contribution in [0.1, 0.15) is 50.2 Å². The number of nitrogens with one attached hydrogen (secondary N) is 1. The molecule has 24 heavy (non-hydrogen) atoms. The monoisotopic (exact) mass is 348 g/mol. The second-order valence-electron chi connectivity index (χ2n) is 7.59. The molecule has 0 unspecified atom stereocenters. The van der Waals surface area contributed by atoms with Gasteiger partial charge in [0.2, 0.25) is 0 Å². The van der Waals surface area contributed by atoms with Crippen LogP contribution in [0.2, 0.25) is 0 Å². The van der Waals surface area contributed by atoms with Crippen molar-refractivity contribution >= 4 is 18.9 Å². The van der Waals surface area contributed by atoms with Crippen molar-refractivity contribution in [2.24, 2.45) is 0 Å². The molecule has 3 rings (SSSR count). The molecule has 1 aromatic rings. The molecule has 0 radical (unpaired) electrons. The summed E-state index contributed by atoms with van der Waals surface area (Å²) in [6.07, 6.45) is 9.99. The van der Waals surface area contributed by atoms with Gasteiger partial charge in [-0.25, -0.2) is 0 Å². The van der Waals surface area contributed by atoms with Gasteiger partial charge in [-0.2, -0.15) is 0 Å². The molecule has 2 aliphatic rings. The quantitative estimate of drug-likeness (QED) is 0.760. The first kappa shape index (κ1) is 17.7. The Morgan fingerprint density at radius 2 is 1.75 bits per heavy atom.